The second kappa shape index (κ2) is 6.02. The van der Waals surface area contributed by atoms with Crippen molar-refractivity contribution in [2.24, 2.45) is 5.92 Å². The number of rotatable bonds is 2. The summed E-state index contributed by atoms with van der Waals surface area (Å²) in [6.07, 6.45) is 7.87. The Morgan fingerprint density at radius 2 is 1.96 bits per heavy atom. The van der Waals surface area contributed by atoms with E-state index in [1.54, 1.807) is 17.7 Å². The lowest BCUT2D eigenvalue weighted by Crippen LogP contribution is -2.59. The van der Waals surface area contributed by atoms with Gasteiger partial charge in [-0.25, -0.2) is 0 Å². The van der Waals surface area contributed by atoms with E-state index in [9.17, 15) is 5.11 Å². The summed E-state index contributed by atoms with van der Waals surface area (Å²) in [6.45, 7) is 1.21. The molecular formula is C23H27NO2. The largest absolute Gasteiger partial charge is 0.508 e. The number of benzene rings is 2. The monoisotopic (exact) mass is 349 g/mol. The van der Waals surface area contributed by atoms with E-state index in [-0.39, 0.29) is 5.75 Å². The first kappa shape index (κ1) is 16.2. The maximum Gasteiger partial charge on any atom is 0.131 e. The minimum Gasteiger partial charge on any atom is -0.508 e. The van der Waals surface area contributed by atoms with Crippen molar-refractivity contribution in [3.8, 4) is 17.2 Å². The second-order valence-corrected chi connectivity index (χ2v) is 8.43. The Labute approximate surface area is 155 Å². The molecule has 0 aromatic heterocycles. The molecule has 0 radical (unpaired) electrons. The summed E-state index contributed by atoms with van der Waals surface area (Å²) in [7, 11) is 2.31. The average molecular weight is 349 g/mol. The number of hydrogen-bond acceptors (Lipinski definition) is 3. The average Bonchev–Trinajstić information content (AvgIpc) is 2.65. The van der Waals surface area contributed by atoms with Gasteiger partial charge >= 0.3 is 0 Å². The zero-order valence-corrected chi connectivity index (χ0v) is 15.4. The second-order valence-electron chi connectivity index (χ2n) is 8.43. The van der Waals surface area contributed by atoms with Gasteiger partial charge in [-0.15, -0.1) is 0 Å². The van der Waals surface area contributed by atoms with Crippen LogP contribution in [-0.4, -0.2) is 29.6 Å². The zero-order chi connectivity index (χ0) is 17.7. The number of phenolic OH excluding ortho intramolecular Hbond substituents is 1. The molecule has 2 aliphatic carbocycles. The molecule has 1 saturated carbocycles. The summed E-state index contributed by atoms with van der Waals surface area (Å²) in [4.78, 5) is 2.61. The van der Waals surface area contributed by atoms with Crippen molar-refractivity contribution < 1.29 is 9.84 Å². The van der Waals surface area contributed by atoms with Gasteiger partial charge in [-0.1, -0.05) is 25.0 Å². The maximum absolute atomic E-state index is 9.69. The standard InChI is InChI=1S/C23H27NO2/c1-24-12-11-23-10-3-2-7-20(23)22(24)13-16-8-9-19(15-21(16)23)26-18-6-4-5-17(25)14-18/h4-6,8-9,14-15,20,22,25H,2-3,7,10-13H2,1H3/t20-,22+,23+/m0/s1. The van der Waals surface area contributed by atoms with Crippen LogP contribution in [0.15, 0.2) is 42.5 Å². The minimum absolute atomic E-state index is 0.240. The van der Waals surface area contributed by atoms with Crippen LogP contribution in [0.5, 0.6) is 17.2 Å². The van der Waals surface area contributed by atoms with E-state index in [0.717, 1.165) is 11.7 Å². The fraction of sp³-hybridized carbons (Fsp3) is 0.478. The van der Waals surface area contributed by atoms with E-state index >= 15 is 0 Å². The van der Waals surface area contributed by atoms with E-state index in [4.69, 9.17) is 4.74 Å². The van der Waals surface area contributed by atoms with Crippen LogP contribution in [0.4, 0.5) is 0 Å². The van der Waals surface area contributed by atoms with E-state index in [2.05, 4.69) is 30.1 Å². The van der Waals surface area contributed by atoms with Crippen LogP contribution in [0.25, 0.3) is 0 Å². The topological polar surface area (TPSA) is 32.7 Å². The summed E-state index contributed by atoms with van der Waals surface area (Å²) in [5.74, 6) is 2.62. The molecular weight excluding hydrogens is 322 g/mol. The van der Waals surface area contributed by atoms with E-state index in [1.807, 2.05) is 12.1 Å². The van der Waals surface area contributed by atoms with Gasteiger partial charge in [0, 0.05) is 17.5 Å². The molecule has 26 heavy (non-hydrogen) atoms. The van der Waals surface area contributed by atoms with Gasteiger partial charge in [0.1, 0.15) is 17.2 Å². The van der Waals surface area contributed by atoms with Gasteiger partial charge in [0.15, 0.2) is 0 Å². The summed E-state index contributed by atoms with van der Waals surface area (Å²) >= 11 is 0. The zero-order valence-electron chi connectivity index (χ0n) is 15.4. The van der Waals surface area contributed by atoms with Crippen molar-refractivity contribution in [2.45, 2.75) is 50.0 Å². The number of hydrogen-bond donors (Lipinski definition) is 1. The molecule has 0 spiro atoms. The third kappa shape index (κ3) is 2.44. The fourth-order valence-electron chi connectivity index (χ4n) is 5.92. The maximum atomic E-state index is 9.69. The van der Waals surface area contributed by atoms with Crippen LogP contribution in [0, 0.1) is 5.92 Å². The Kier molecular flexibility index (Phi) is 3.75. The third-order valence-corrected chi connectivity index (χ3v) is 7.14. The normalized spacial score (nSPS) is 30.3. The van der Waals surface area contributed by atoms with Crippen molar-refractivity contribution in [2.75, 3.05) is 13.6 Å². The van der Waals surface area contributed by atoms with Gasteiger partial charge in [-0.05, 0) is 80.6 Å². The molecule has 136 valence electrons. The highest BCUT2D eigenvalue weighted by molar-refractivity contribution is 5.47. The number of nitrogens with zero attached hydrogens (tertiary/aromatic N) is 1. The first-order chi connectivity index (χ1) is 12.7. The molecule has 0 amide bonds. The molecule has 3 aliphatic rings. The highest BCUT2D eigenvalue weighted by Gasteiger charge is 2.53. The van der Waals surface area contributed by atoms with Gasteiger partial charge in [0.25, 0.3) is 0 Å². The quantitative estimate of drug-likeness (QED) is 0.839. The molecule has 2 aromatic rings. The predicted octanol–water partition coefficient (Wildman–Crippen LogP) is 4.87. The molecule has 1 aliphatic heterocycles. The fourth-order valence-corrected chi connectivity index (χ4v) is 5.92. The smallest absolute Gasteiger partial charge is 0.131 e. The highest BCUT2D eigenvalue weighted by Crippen LogP contribution is 2.56. The predicted molar refractivity (Wildman–Crippen MR) is 103 cm³/mol. The lowest BCUT2D eigenvalue weighted by Gasteiger charge is -2.58. The summed E-state index contributed by atoms with van der Waals surface area (Å²) < 4.78 is 6.09. The molecule has 0 unspecified atom stereocenters. The number of ether oxygens (including phenoxy) is 1. The Hall–Kier alpha value is -2.00. The number of phenols is 1. The van der Waals surface area contributed by atoms with Crippen LogP contribution in [-0.2, 0) is 11.8 Å². The molecule has 3 atom stereocenters. The van der Waals surface area contributed by atoms with E-state index in [1.165, 1.54) is 50.6 Å². The molecule has 5 rings (SSSR count). The molecule has 1 saturated heterocycles. The third-order valence-electron chi connectivity index (χ3n) is 7.14. The van der Waals surface area contributed by atoms with Gasteiger partial charge in [-0.3, -0.25) is 0 Å². The minimum atomic E-state index is 0.240. The molecule has 2 aromatic carbocycles. The van der Waals surface area contributed by atoms with E-state index < -0.39 is 0 Å². The van der Waals surface area contributed by atoms with Crippen molar-refractivity contribution >= 4 is 0 Å². The summed E-state index contributed by atoms with van der Waals surface area (Å²) in [5.41, 5.74) is 3.41. The molecule has 3 nitrogen and oxygen atoms in total. The Morgan fingerprint density at radius 3 is 2.85 bits per heavy atom. The van der Waals surface area contributed by atoms with Crippen LogP contribution in [0.2, 0.25) is 0 Å². The van der Waals surface area contributed by atoms with Crippen molar-refractivity contribution in [1.82, 2.24) is 4.90 Å². The lowest BCUT2D eigenvalue weighted by atomic mass is 9.52. The van der Waals surface area contributed by atoms with Crippen LogP contribution < -0.4 is 4.74 Å². The molecule has 1 N–H and O–H groups in total. The molecule has 1 heterocycles. The Bertz CT molecular complexity index is 833. The SMILES string of the molecule is CN1CC[C@]23CCCC[C@H]2[C@H]1Cc1ccc(Oc2cccc(O)c2)cc13. The van der Waals surface area contributed by atoms with Gasteiger partial charge in [0.05, 0.1) is 0 Å². The number of likely N-dealkylation sites (tertiary alicyclic amines) is 1. The van der Waals surface area contributed by atoms with Gasteiger partial charge < -0.3 is 14.7 Å². The van der Waals surface area contributed by atoms with Crippen LogP contribution in [0.1, 0.15) is 43.2 Å². The Balaban J connectivity index is 1.55. The van der Waals surface area contributed by atoms with Crippen molar-refractivity contribution in [1.29, 1.82) is 0 Å². The van der Waals surface area contributed by atoms with E-state index in [0.29, 0.717) is 17.2 Å². The first-order valence-corrected chi connectivity index (χ1v) is 9.96. The van der Waals surface area contributed by atoms with Gasteiger partial charge in [0.2, 0.25) is 0 Å². The number of piperidine rings is 1. The number of aromatic hydroxyl groups is 1. The first-order valence-electron chi connectivity index (χ1n) is 9.96. The molecule has 2 bridgehead atoms. The van der Waals surface area contributed by atoms with Crippen molar-refractivity contribution in [3.63, 3.8) is 0 Å². The molecule has 2 fully saturated rings. The number of likely N-dealkylation sites (N-methyl/N-ethyl adjacent to an activating group) is 1. The van der Waals surface area contributed by atoms with Crippen LogP contribution in [0.3, 0.4) is 0 Å². The number of fused-ring (bicyclic) bond motifs is 1. The summed E-state index contributed by atoms with van der Waals surface area (Å²) in [5, 5.41) is 9.69. The van der Waals surface area contributed by atoms with Gasteiger partial charge in [-0.2, -0.15) is 0 Å². The lowest BCUT2D eigenvalue weighted by molar-refractivity contribution is 0.00276. The highest BCUT2D eigenvalue weighted by atomic mass is 16.5. The van der Waals surface area contributed by atoms with Crippen molar-refractivity contribution in [3.05, 3.63) is 53.6 Å². The molecule has 3 heteroatoms. The summed E-state index contributed by atoms with van der Waals surface area (Å²) in [6, 6.07) is 14.4. The van der Waals surface area contributed by atoms with Crippen LogP contribution >= 0.6 is 0 Å². The Morgan fingerprint density at radius 1 is 1.08 bits per heavy atom.